The van der Waals surface area contributed by atoms with Crippen molar-refractivity contribution in [3.8, 4) is 0 Å². The van der Waals surface area contributed by atoms with Gasteiger partial charge in [0, 0.05) is 12.5 Å². The number of imidazole rings is 1. The van der Waals surface area contributed by atoms with Gasteiger partial charge in [-0.1, -0.05) is 36.4 Å². The highest BCUT2D eigenvalue weighted by Gasteiger charge is 2.20. The quantitative estimate of drug-likeness (QED) is 0.447. The van der Waals surface area contributed by atoms with Crippen molar-refractivity contribution in [2.75, 3.05) is 7.11 Å². The maximum atomic E-state index is 12.7. The van der Waals surface area contributed by atoms with Crippen molar-refractivity contribution in [1.82, 2.24) is 25.5 Å². The molecule has 0 radical (unpaired) electrons. The Morgan fingerprint density at radius 2 is 1.94 bits per heavy atom. The average molecular weight is 415 g/mol. The highest BCUT2D eigenvalue weighted by atomic mass is 16.5. The minimum absolute atomic E-state index is 0.125. The van der Waals surface area contributed by atoms with Gasteiger partial charge >= 0.3 is 0 Å². The van der Waals surface area contributed by atoms with Crippen LogP contribution in [0.15, 0.2) is 48.5 Å². The van der Waals surface area contributed by atoms with E-state index in [-0.39, 0.29) is 17.8 Å². The Bertz CT molecular complexity index is 1270. The highest BCUT2D eigenvalue weighted by Crippen LogP contribution is 2.32. The molecular formula is C24H25N5O2. The first-order chi connectivity index (χ1) is 15.1. The third-order valence-corrected chi connectivity index (χ3v) is 6.03. The lowest BCUT2D eigenvalue weighted by molar-refractivity contribution is 0.0930. The Hall–Kier alpha value is -3.45. The minimum Gasteiger partial charge on any atom is -0.381 e. The Morgan fingerprint density at radius 3 is 2.65 bits per heavy atom. The zero-order valence-electron chi connectivity index (χ0n) is 17.6. The van der Waals surface area contributed by atoms with E-state index < -0.39 is 0 Å². The van der Waals surface area contributed by atoms with Crippen molar-refractivity contribution in [2.24, 2.45) is 0 Å². The number of H-pyrrole nitrogens is 2. The van der Waals surface area contributed by atoms with E-state index in [4.69, 9.17) is 4.74 Å². The van der Waals surface area contributed by atoms with Crippen molar-refractivity contribution in [2.45, 2.75) is 38.3 Å². The molecule has 2 aromatic carbocycles. The number of nitrogens with one attached hydrogen (secondary N) is 3. The molecule has 1 aliphatic rings. The van der Waals surface area contributed by atoms with Crippen LogP contribution < -0.4 is 5.32 Å². The van der Waals surface area contributed by atoms with E-state index in [0.29, 0.717) is 17.1 Å². The minimum atomic E-state index is -0.274. The lowest BCUT2D eigenvalue weighted by Crippen LogP contribution is -2.27. The molecule has 0 bridgehead atoms. The number of carbonyl (C=O) groups excluding carboxylic acids is 1. The van der Waals surface area contributed by atoms with Gasteiger partial charge in [0.15, 0.2) is 0 Å². The molecule has 0 fully saturated rings. The van der Waals surface area contributed by atoms with Crippen LogP contribution in [0.5, 0.6) is 0 Å². The van der Waals surface area contributed by atoms with Gasteiger partial charge in [0.2, 0.25) is 5.82 Å². The number of allylic oxidation sites excluding steroid dienone is 1. The fraction of sp³-hybridized carbons (Fsp3) is 0.292. The number of methoxy groups -OCH3 is 1. The first-order valence-corrected chi connectivity index (χ1v) is 10.6. The molecule has 2 unspecified atom stereocenters. The summed E-state index contributed by atoms with van der Waals surface area (Å²) in [5.74, 6) is -0.0839. The molecule has 2 aromatic heterocycles. The first kappa shape index (κ1) is 19.5. The first-order valence-electron chi connectivity index (χ1n) is 10.6. The topological polar surface area (TPSA) is 95.7 Å². The van der Waals surface area contributed by atoms with E-state index in [1.165, 1.54) is 5.57 Å². The van der Waals surface area contributed by atoms with Gasteiger partial charge in [0.1, 0.15) is 0 Å². The molecule has 2 atom stereocenters. The molecule has 0 spiro atoms. The summed E-state index contributed by atoms with van der Waals surface area (Å²) < 4.78 is 5.46. The van der Waals surface area contributed by atoms with Gasteiger partial charge in [0.25, 0.3) is 5.91 Å². The molecule has 0 saturated heterocycles. The maximum Gasteiger partial charge on any atom is 0.289 e. The summed E-state index contributed by atoms with van der Waals surface area (Å²) in [4.78, 5) is 21.7. The number of nitrogens with zero attached hydrogens (tertiary/aromatic N) is 2. The van der Waals surface area contributed by atoms with Gasteiger partial charge in [-0.15, -0.1) is 0 Å². The number of ether oxygens (including phenoxy) is 1. The number of fused-ring (bicyclic) bond motifs is 2. The molecule has 0 saturated carbocycles. The van der Waals surface area contributed by atoms with Crippen LogP contribution in [0, 0.1) is 0 Å². The smallest absolute Gasteiger partial charge is 0.289 e. The second-order valence-corrected chi connectivity index (χ2v) is 8.03. The van der Waals surface area contributed by atoms with Gasteiger partial charge in [-0.2, -0.15) is 0 Å². The number of carbonyl (C=O) groups is 1. The van der Waals surface area contributed by atoms with E-state index in [0.717, 1.165) is 41.4 Å². The summed E-state index contributed by atoms with van der Waals surface area (Å²) in [7, 11) is 1.76. The van der Waals surface area contributed by atoms with Crippen LogP contribution in [-0.2, 0) is 4.74 Å². The number of benzene rings is 2. The van der Waals surface area contributed by atoms with Crippen molar-refractivity contribution in [3.63, 3.8) is 0 Å². The molecular weight excluding hydrogens is 390 g/mol. The third-order valence-electron chi connectivity index (χ3n) is 6.03. The predicted octanol–water partition coefficient (Wildman–Crippen LogP) is 4.51. The van der Waals surface area contributed by atoms with Crippen LogP contribution >= 0.6 is 0 Å². The number of hydrogen-bond acceptors (Lipinski definition) is 4. The number of amides is 1. The fourth-order valence-electron chi connectivity index (χ4n) is 4.21. The molecule has 7 heteroatoms. The van der Waals surface area contributed by atoms with E-state index in [1.807, 2.05) is 49.4 Å². The summed E-state index contributed by atoms with van der Waals surface area (Å²) in [5.41, 5.74) is 5.74. The van der Waals surface area contributed by atoms with Crippen LogP contribution in [0.25, 0.3) is 27.5 Å². The van der Waals surface area contributed by atoms with Gasteiger partial charge < -0.3 is 15.2 Å². The van der Waals surface area contributed by atoms with Gasteiger partial charge in [-0.25, -0.2) is 9.97 Å². The molecule has 4 aromatic rings. The van der Waals surface area contributed by atoms with E-state index in [9.17, 15) is 4.79 Å². The maximum absolute atomic E-state index is 12.7. The van der Waals surface area contributed by atoms with Crippen molar-refractivity contribution >= 4 is 33.4 Å². The number of aromatic amines is 2. The van der Waals surface area contributed by atoms with Crippen LogP contribution in [0.1, 0.15) is 54.1 Å². The van der Waals surface area contributed by atoms with Crippen molar-refractivity contribution in [1.29, 1.82) is 0 Å². The zero-order valence-corrected chi connectivity index (χ0v) is 17.6. The average Bonchev–Trinajstić information content (AvgIpc) is 3.41. The van der Waals surface area contributed by atoms with Crippen LogP contribution in [0.2, 0.25) is 0 Å². The SMILES string of the molecule is COC1CC=C(c2[nH][nH]c3cc4nc(C(=O)NC(C)c5ccccc5)nc4cc23)CC1. The van der Waals surface area contributed by atoms with E-state index in [2.05, 4.69) is 31.6 Å². The van der Waals surface area contributed by atoms with Gasteiger partial charge in [-0.3, -0.25) is 9.89 Å². The normalized spacial score (nSPS) is 17.6. The second kappa shape index (κ2) is 8.00. The van der Waals surface area contributed by atoms with Crippen molar-refractivity contribution in [3.05, 3.63) is 65.6 Å². The summed E-state index contributed by atoms with van der Waals surface area (Å²) in [6.45, 7) is 1.95. The summed E-state index contributed by atoms with van der Waals surface area (Å²) >= 11 is 0. The lowest BCUT2D eigenvalue weighted by Gasteiger charge is -2.20. The Kier molecular flexibility index (Phi) is 5.03. The van der Waals surface area contributed by atoms with Crippen LogP contribution in [0.3, 0.4) is 0 Å². The third kappa shape index (κ3) is 3.72. The zero-order chi connectivity index (χ0) is 21.4. The lowest BCUT2D eigenvalue weighted by atomic mass is 9.93. The standard InChI is InChI=1S/C24H25N5O2/c1-14(15-6-4-3-5-7-15)25-24(30)23-26-20-12-18-19(13-21(20)27-23)28-29-22(18)16-8-10-17(31-2)11-9-16/h3-8,12-14,17,28-29H,9-11H2,1-2H3,(H,25,30). The Labute approximate surface area is 179 Å². The fourth-order valence-corrected chi connectivity index (χ4v) is 4.21. The molecule has 3 N–H and O–H groups in total. The van der Waals surface area contributed by atoms with Gasteiger partial charge in [-0.05, 0) is 49.5 Å². The molecule has 2 heterocycles. The number of rotatable bonds is 5. The molecule has 31 heavy (non-hydrogen) atoms. The second-order valence-electron chi connectivity index (χ2n) is 8.03. The molecule has 1 amide bonds. The Balaban J connectivity index is 1.42. The number of hydrogen-bond donors (Lipinski definition) is 3. The highest BCUT2D eigenvalue weighted by molar-refractivity contribution is 6.01. The molecule has 5 rings (SSSR count). The van der Waals surface area contributed by atoms with Gasteiger partial charge in [0.05, 0.1) is 34.4 Å². The summed E-state index contributed by atoms with van der Waals surface area (Å²) in [6.07, 6.45) is 5.40. The van der Waals surface area contributed by atoms with E-state index in [1.54, 1.807) is 7.11 Å². The largest absolute Gasteiger partial charge is 0.381 e. The molecule has 158 valence electrons. The molecule has 1 aliphatic carbocycles. The molecule has 0 aliphatic heterocycles. The molecule has 7 nitrogen and oxygen atoms in total. The number of aromatic nitrogens is 4. The van der Waals surface area contributed by atoms with Crippen molar-refractivity contribution < 1.29 is 9.53 Å². The summed E-state index contributed by atoms with van der Waals surface area (Å²) in [6, 6.07) is 13.7. The predicted molar refractivity (Wildman–Crippen MR) is 121 cm³/mol. The van der Waals surface area contributed by atoms with Crippen LogP contribution in [0.4, 0.5) is 0 Å². The Morgan fingerprint density at radius 1 is 1.16 bits per heavy atom. The summed E-state index contributed by atoms with van der Waals surface area (Å²) in [5, 5.41) is 10.6. The van der Waals surface area contributed by atoms with E-state index >= 15 is 0 Å². The van der Waals surface area contributed by atoms with Crippen LogP contribution in [-0.4, -0.2) is 39.3 Å². The monoisotopic (exact) mass is 415 g/mol.